The Bertz CT molecular complexity index is 595. The lowest BCUT2D eigenvalue weighted by atomic mass is 9.99. The number of nitrogens with one attached hydrogen (secondary N) is 1. The standard InChI is InChI=1S/C13H15F2NO4S/c14-13(15)21(18,19)11-3-1-10(2-4-11)16-12(17)9-5-7-20-8-6-9/h1-4,9,13H,5-8H2,(H,16,17). The summed E-state index contributed by atoms with van der Waals surface area (Å²) in [5.74, 6) is -3.79. The fourth-order valence-corrected chi connectivity index (χ4v) is 2.76. The molecule has 2 rings (SSSR count). The van der Waals surface area contributed by atoms with Crippen LogP contribution in [0.25, 0.3) is 0 Å². The summed E-state index contributed by atoms with van der Waals surface area (Å²) in [4.78, 5) is 11.5. The smallest absolute Gasteiger partial charge is 0.341 e. The second-order valence-electron chi connectivity index (χ2n) is 4.71. The van der Waals surface area contributed by atoms with E-state index < -0.39 is 20.5 Å². The molecule has 1 aromatic rings. The minimum atomic E-state index is -4.61. The second kappa shape index (κ2) is 6.48. The Labute approximate surface area is 121 Å². The van der Waals surface area contributed by atoms with Crippen molar-refractivity contribution in [2.24, 2.45) is 5.92 Å². The van der Waals surface area contributed by atoms with Crippen LogP contribution < -0.4 is 5.32 Å². The van der Waals surface area contributed by atoms with Gasteiger partial charge in [0.15, 0.2) is 0 Å². The molecule has 1 aromatic carbocycles. The molecule has 0 unspecified atom stereocenters. The Balaban J connectivity index is 2.04. The predicted octanol–water partition coefficient (Wildman–Crippen LogP) is 2.05. The number of ether oxygens (including phenoxy) is 1. The first-order valence-electron chi connectivity index (χ1n) is 6.42. The molecule has 0 atom stereocenters. The van der Waals surface area contributed by atoms with Crippen molar-refractivity contribution in [3.8, 4) is 0 Å². The number of hydrogen-bond donors (Lipinski definition) is 1. The van der Waals surface area contributed by atoms with Gasteiger partial charge in [-0.05, 0) is 37.1 Å². The SMILES string of the molecule is O=C(Nc1ccc(S(=O)(=O)C(F)F)cc1)C1CCOCC1. The largest absolute Gasteiger partial charge is 0.381 e. The van der Waals surface area contributed by atoms with Crippen molar-refractivity contribution in [1.82, 2.24) is 0 Å². The molecule has 1 fully saturated rings. The summed E-state index contributed by atoms with van der Waals surface area (Å²) >= 11 is 0. The number of halogens is 2. The molecule has 116 valence electrons. The van der Waals surface area contributed by atoms with E-state index in [2.05, 4.69) is 5.32 Å². The van der Waals surface area contributed by atoms with E-state index in [1.807, 2.05) is 0 Å². The van der Waals surface area contributed by atoms with Crippen LogP contribution in [0.4, 0.5) is 14.5 Å². The monoisotopic (exact) mass is 319 g/mol. The van der Waals surface area contributed by atoms with Crippen LogP contribution in [0.15, 0.2) is 29.2 Å². The summed E-state index contributed by atoms with van der Waals surface area (Å²) in [6.45, 7) is 1.06. The molecule has 1 N–H and O–H groups in total. The summed E-state index contributed by atoms with van der Waals surface area (Å²) < 4.78 is 52.4. The summed E-state index contributed by atoms with van der Waals surface area (Å²) in [7, 11) is -4.61. The molecule has 1 heterocycles. The Morgan fingerprint density at radius 1 is 1.19 bits per heavy atom. The van der Waals surface area contributed by atoms with E-state index in [9.17, 15) is 22.0 Å². The lowest BCUT2D eigenvalue weighted by molar-refractivity contribution is -0.122. The summed E-state index contributed by atoms with van der Waals surface area (Å²) in [6.07, 6.45) is 1.26. The fraction of sp³-hybridized carbons (Fsp3) is 0.462. The molecule has 1 amide bonds. The van der Waals surface area contributed by atoms with Gasteiger partial charge in [0, 0.05) is 24.8 Å². The minimum Gasteiger partial charge on any atom is -0.381 e. The molecule has 1 aliphatic heterocycles. The Morgan fingerprint density at radius 2 is 1.76 bits per heavy atom. The third-order valence-electron chi connectivity index (χ3n) is 3.28. The first-order chi connectivity index (χ1) is 9.91. The van der Waals surface area contributed by atoms with E-state index in [0.717, 1.165) is 12.1 Å². The van der Waals surface area contributed by atoms with E-state index in [-0.39, 0.29) is 11.8 Å². The molecule has 0 saturated carbocycles. The van der Waals surface area contributed by atoms with Gasteiger partial charge in [-0.1, -0.05) is 0 Å². The van der Waals surface area contributed by atoms with Gasteiger partial charge in [-0.3, -0.25) is 4.79 Å². The lowest BCUT2D eigenvalue weighted by Crippen LogP contribution is -2.28. The molecular formula is C13H15F2NO4S. The van der Waals surface area contributed by atoms with Crippen LogP contribution in [-0.4, -0.2) is 33.3 Å². The van der Waals surface area contributed by atoms with Crippen LogP contribution in [0.3, 0.4) is 0 Å². The number of rotatable bonds is 4. The van der Waals surface area contributed by atoms with Crippen molar-refractivity contribution < 1.29 is 26.7 Å². The Hall–Kier alpha value is -1.54. The lowest BCUT2D eigenvalue weighted by Gasteiger charge is -2.21. The van der Waals surface area contributed by atoms with Gasteiger partial charge in [0.05, 0.1) is 4.90 Å². The van der Waals surface area contributed by atoms with Crippen molar-refractivity contribution in [2.75, 3.05) is 18.5 Å². The average Bonchev–Trinajstić information content (AvgIpc) is 2.48. The predicted molar refractivity (Wildman–Crippen MR) is 71.8 cm³/mol. The summed E-state index contributed by atoms with van der Waals surface area (Å²) in [5.41, 5.74) is 0.375. The Morgan fingerprint density at radius 3 is 2.29 bits per heavy atom. The number of alkyl halides is 2. The number of benzene rings is 1. The zero-order chi connectivity index (χ0) is 15.5. The maximum Gasteiger partial charge on any atom is 0.341 e. The number of carbonyl (C=O) groups excluding carboxylic acids is 1. The third kappa shape index (κ3) is 3.76. The normalized spacial score (nSPS) is 16.9. The number of amides is 1. The zero-order valence-corrected chi connectivity index (χ0v) is 11.9. The van der Waals surface area contributed by atoms with E-state index in [4.69, 9.17) is 4.74 Å². The van der Waals surface area contributed by atoms with Crippen LogP contribution in [0, 0.1) is 5.92 Å². The van der Waals surface area contributed by atoms with Gasteiger partial charge in [0.1, 0.15) is 0 Å². The van der Waals surface area contributed by atoms with E-state index in [1.165, 1.54) is 12.1 Å². The van der Waals surface area contributed by atoms with Crippen LogP contribution in [0.5, 0.6) is 0 Å². The molecule has 21 heavy (non-hydrogen) atoms. The third-order valence-corrected chi connectivity index (χ3v) is 4.68. The molecule has 0 bridgehead atoms. The van der Waals surface area contributed by atoms with Gasteiger partial charge in [0.2, 0.25) is 15.7 Å². The topological polar surface area (TPSA) is 72.5 Å². The highest BCUT2D eigenvalue weighted by Gasteiger charge is 2.26. The quantitative estimate of drug-likeness (QED) is 0.922. The summed E-state index contributed by atoms with van der Waals surface area (Å²) in [6, 6.07) is 4.71. The summed E-state index contributed by atoms with van der Waals surface area (Å²) in [5, 5.41) is 2.64. The zero-order valence-electron chi connectivity index (χ0n) is 11.1. The number of sulfone groups is 1. The minimum absolute atomic E-state index is 0.150. The fourth-order valence-electron chi connectivity index (χ4n) is 2.03. The van der Waals surface area contributed by atoms with Crippen LogP contribution in [-0.2, 0) is 19.4 Å². The highest BCUT2D eigenvalue weighted by molar-refractivity contribution is 7.91. The molecule has 8 heteroatoms. The van der Waals surface area contributed by atoms with Crippen molar-refractivity contribution in [3.05, 3.63) is 24.3 Å². The molecule has 0 spiro atoms. The van der Waals surface area contributed by atoms with Crippen molar-refractivity contribution >= 4 is 21.4 Å². The van der Waals surface area contributed by atoms with E-state index >= 15 is 0 Å². The number of anilines is 1. The number of hydrogen-bond acceptors (Lipinski definition) is 4. The van der Waals surface area contributed by atoms with Crippen LogP contribution in [0.2, 0.25) is 0 Å². The molecule has 0 aromatic heterocycles. The van der Waals surface area contributed by atoms with Gasteiger partial charge in [-0.15, -0.1) is 0 Å². The van der Waals surface area contributed by atoms with E-state index in [0.29, 0.717) is 31.7 Å². The van der Waals surface area contributed by atoms with Gasteiger partial charge in [-0.25, -0.2) is 8.42 Å². The Kier molecular flexibility index (Phi) is 4.89. The van der Waals surface area contributed by atoms with Gasteiger partial charge < -0.3 is 10.1 Å². The van der Waals surface area contributed by atoms with Crippen molar-refractivity contribution in [1.29, 1.82) is 0 Å². The van der Waals surface area contributed by atoms with Crippen molar-refractivity contribution in [3.63, 3.8) is 0 Å². The molecular weight excluding hydrogens is 304 g/mol. The first-order valence-corrected chi connectivity index (χ1v) is 7.96. The van der Waals surface area contributed by atoms with Crippen LogP contribution >= 0.6 is 0 Å². The highest BCUT2D eigenvalue weighted by Crippen LogP contribution is 2.21. The van der Waals surface area contributed by atoms with Gasteiger partial charge in [-0.2, -0.15) is 8.78 Å². The molecule has 1 saturated heterocycles. The van der Waals surface area contributed by atoms with Gasteiger partial charge in [0.25, 0.3) is 0 Å². The molecule has 0 radical (unpaired) electrons. The number of carbonyl (C=O) groups is 1. The first kappa shape index (κ1) is 15.8. The van der Waals surface area contributed by atoms with Crippen LogP contribution in [0.1, 0.15) is 12.8 Å². The second-order valence-corrected chi connectivity index (χ2v) is 6.62. The maximum absolute atomic E-state index is 12.4. The molecule has 1 aliphatic rings. The highest BCUT2D eigenvalue weighted by atomic mass is 32.2. The molecule has 5 nitrogen and oxygen atoms in total. The van der Waals surface area contributed by atoms with E-state index in [1.54, 1.807) is 0 Å². The van der Waals surface area contributed by atoms with Gasteiger partial charge >= 0.3 is 5.76 Å². The average molecular weight is 319 g/mol. The maximum atomic E-state index is 12.4. The molecule has 0 aliphatic carbocycles. The van der Waals surface area contributed by atoms with Crippen molar-refractivity contribution in [2.45, 2.75) is 23.5 Å².